The van der Waals surface area contributed by atoms with Crippen LogP contribution in [0.5, 0.6) is 11.5 Å². The summed E-state index contributed by atoms with van der Waals surface area (Å²) in [5.74, 6) is 1.37. The van der Waals surface area contributed by atoms with Gasteiger partial charge in [0.1, 0.15) is 13.2 Å². The fourth-order valence-electron chi connectivity index (χ4n) is 3.38. The second-order valence-electron chi connectivity index (χ2n) is 6.86. The lowest BCUT2D eigenvalue weighted by Gasteiger charge is -2.34. The van der Waals surface area contributed by atoms with Crippen molar-refractivity contribution in [1.82, 2.24) is 9.80 Å². The lowest BCUT2D eigenvalue weighted by atomic mass is 10.1. The zero-order valence-corrected chi connectivity index (χ0v) is 15.6. The minimum absolute atomic E-state index is 0.102. The quantitative estimate of drug-likeness (QED) is 0.889. The standard InChI is InChI=1S/C21H22N4O3/c22-14-16-1-3-17(4-2-16)15-24-7-9-25(10-8-24)21(26)23-18-5-6-19-20(13-18)28-12-11-27-19/h1-6,13H,7-12,15H2,(H,23,26). The largest absolute Gasteiger partial charge is 0.486 e. The normalized spacial score (nSPS) is 16.3. The first kappa shape index (κ1) is 18.1. The van der Waals surface area contributed by atoms with Crippen LogP contribution in [0.25, 0.3) is 0 Å². The summed E-state index contributed by atoms with van der Waals surface area (Å²) in [7, 11) is 0. The molecule has 2 aromatic rings. The van der Waals surface area contributed by atoms with Crippen molar-refractivity contribution in [3.05, 3.63) is 53.6 Å². The van der Waals surface area contributed by atoms with Gasteiger partial charge in [-0.1, -0.05) is 12.1 Å². The SMILES string of the molecule is N#Cc1ccc(CN2CCN(C(=O)Nc3ccc4c(c3)OCCO4)CC2)cc1. The number of hydrogen-bond acceptors (Lipinski definition) is 5. The zero-order valence-electron chi connectivity index (χ0n) is 15.6. The van der Waals surface area contributed by atoms with Crippen molar-refractivity contribution < 1.29 is 14.3 Å². The molecule has 2 aromatic carbocycles. The summed E-state index contributed by atoms with van der Waals surface area (Å²) < 4.78 is 11.1. The van der Waals surface area contributed by atoms with Gasteiger partial charge in [0.2, 0.25) is 0 Å². The van der Waals surface area contributed by atoms with Gasteiger partial charge in [-0.25, -0.2) is 4.79 Å². The molecule has 0 atom stereocenters. The maximum atomic E-state index is 12.6. The van der Waals surface area contributed by atoms with Crippen LogP contribution >= 0.6 is 0 Å². The number of amides is 2. The summed E-state index contributed by atoms with van der Waals surface area (Å²) in [5, 5.41) is 11.8. The highest BCUT2D eigenvalue weighted by Crippen LogP contribution is 2.32. The van der Waals surface area contributed by atoms with Gasteiger partial charge in [-0.05, 0) is 29.8 Å². The van der Waals surface area contributed by atoms with E-state index in [2.05, 4.69) is 16.3 Å². The van der Waals surface area contributed by atoms with Crippen molar-refractivity contribution in [2.24, 2.45) is 0 Å². The number of rotatable bonds is 3. The topological polar surface area (TPSA) is 77.8 Å². The predicted octanol–water partition coefficient (Wildman–Crippen LogP) is 2.68. The van der Waals surface area contributed by atoms with Crippen LogP contribution in [0, 0.1) is 11.3 Å². The molecule has 0 spiro atoms. The Labute approximate surface area is 164 Å². The summed E-state index contributed by atoms with van der Waals surface area (Å²) in [6, 6.07) is 15.1. The fourth-order valence-corrected chi connectivity index (χ4v) is 3.38. The lowest BCUT2D eigenvalue weighted by Crippen LogP contribution is -2.49. The zero-order chi connectivity index (χ0) is 19.3. The summed E-state index contributed by atoms with van der Waals surface area (Å²) in [4.78, 5) is 16.7. The van der Waals surface area contributed by atoms with E-state index in [9.17, 15) is 4.79 Å². The van der Waals surface area contributed by atoms with Crippen LogP contribution in [-0.2, 0) is 6.54 Å². The molecule has 4 rings (SSSR count). The molecule has 2 heterocycles. The molecule has 0 unspecified atom stereocenters. The van der Waals surface area contributed by atoms with Gasteiger partial charge in [-0.3, -0.25) is 4.90 Å². The molecule has 28 heavy (non-hydrogen) atoms. The van der Waals surface area contributed by atoms with Crippen LogP contribution in [0.2, 0.25) is 0 Å². The summed E-state index contributed by atoms with van der Waals surface area (Å²) in [6.07, 6.45) is 0. The number of anilines is 1. The van der Waals surface area contributed by atoms with E-state index < -0.39 is 0 Å². The smallest absolute Gasteiger partial charge is 0.321 e. The van der Waals surface area contributed by atoms with E-state index in [0.717, 1.165) is 19.6 Å². The Balaban J connectivity index is 1.28. The van der Waals surface area contributed by atoms with Gasteiger partial charge in [0.15, 0.2) is 11.5 Å². The van der Waals surface area contributed by atoms with E-state index in [-0.39, 0.29) is 6.03 Å². The molecule has 0 aliphatic carbocycles. The maximum absolute atomic E-state index is 12.6. The summed E-state index contributed by atoms with van der Waals surface area (Å²) >= 11 is 0. The van der Waals surface area contributed by atoms with Crippen molar-refractivity contribution in [3.8, 4) is 17.6 Å². The second kappa shape index (κ2) is 8.19. The Morgan fingerprint density at radius 2 is 1.71 bits per heavy atom. The number of carbonyl (C=O) groups excluding carboxylic acids is 1. The van der Waals surface area contributed by atoms with Crippen LogP contribution in [0.4, 0.5) is 10.5 Å². The van der Waals surface area contributed by atoms with Crippen LogP contribution in [0.3, 0.4) is 0 Å². The van der Waals surface area contributed by atoms with E-state index in [0.29, 0.717) is 49.1 Å². The second-order valence-corrected chi connectivity index (χ2v) is 6.86. The molecule has 0 saturated carbocycles. The Hall–Kier alpha value is -3.24. The van der Waals surface area contributed by atoms with Crippen molar-refractivity contribution in [3.63, 3.8) is 0 Å². The number of nitriles is 1. The average molecular weight is 378 g/mol. The van der Waals surface area contributed by atoms with Crippen molar-refractivity contribution in [2.75, 3.05) is 44.7 Å². The van der Waals surface area contributed by atoms with Gasteiger partial charge in [0.05, 0.1) is 11.6 Å². The van der Waals surface area contributed by atoms with Gasteiger partial charge >= 0.3 is 6.03 Å². The van der Waals surface area contributed by atoms with Crippen molar-refractivity contribution in [1.29, 1.82) is 5.26 Å². The third kappa shape index (κ3) is 4.18. The van der Waals surface area contributed by atoms with E-state index in [1.807, 2.05) is 41.3 Å². The van der Waals surface area contributed by atoms with E-state index >= 15 is 0 Å². The molecule has 0 aromatic heterocycles. The molecule has 1 N–H and O–H groups in total. The first-order valence-corrected chi connectivity index (χ1v) is 9.38. The average Bonchev–Trinajstić information content (AvgIpc) is 2.75. The molecule has 2 aliphatic rings. The van der Waals surface area contributed by atoms with Gasteiger partial charge in [0, 0.05) is 44.5 Å². The number of fused-ring (bicyclic) bond motifs is 1. The highest BCUT2D eigenvalue weighted by atomic mass is 16.6. The number of urea groups is 1. The third-order valence-corrected chi connectivity index (χ3v) is 4.94. The monoisotopic (exact) mass is 378 g/mol. The number of nitrogens with one attached hydrogen (secondary N) is 1. The number of hydrogen-bond donors (Lipinski definition) is 1. The highest BCUT2D eigenvalue weighted by Gasteiger charge is 2.22. The third-order valence-electron chi connectivity index (χ3n) is 4.94. The van der Waals surface area contributed by atoms with Gasteiger partial charge in [-0.2, -0.15) is 5.26 Å². The van der Waals surface area contributed by atoms with Crippen LogP contribution in [0.1, 0.15) is 11.1 Å². The molecule has 7 nitrogen and oxygen atoms in total. The molecule has 1 saturated heterocycles. The number of benzene rings is 2. The Bertz CT molecular complexity index is 884. The van der Waals surface area contributed by atoms with Gasteiger partial charge in [0.25, 0.3) is 0 Å². The maximum Gasteiger partial charge on any atom is 0.321 e. The first-order chi connectivity index (χ1) is 13.7. The van der Waals surface area contributed by atoms with Crippen molar-refractivity contribution >= 4 is 11.7 Å². The molecule has 2 aliphatic heterocycles. The molecular formula is C21H22N4O3. The summed E-state index contributed by atoms with van der Waals surface area (Å²) in [5.41, 5.74) is 2.55. The first-order valence-electron chi connectivity index (χ1n) is 9.38. The molecule has 144 valence electrons. The minimum atomic E-state index is -0.102. The highest BCUT2D eigenvalue weighted by molar-refractivity contribution is 5.89. The molecule has 7 heteroatoms. The fraction of sp³-hybridized carbons (Fsp3) is 0.333. The number of carbonyl (C=O) groups is 1. The molecule has 0 radical (unpaired) electrons. The Morgan fingerprint density at radius 3 is 2.43 bits per heavy atom. The lowest BCUT2D eigenvalue weighted by molar-refractivity contribution is 0.143. The van der Waals surface area contributed by atoms with Crippen LogP contribution in [-0.4, -0.2) is 55.2 Å². The van der Waals surface area contributed by atoms with Gasteiger partial charge < -0.3 is 19.7 Å². The molecule has 1 fully saturated rings. The number of nitrogens with zero attached hydrogens (tertiary/aromatic N) is 3. The number of piperazine rings is 1. The summed E-state index contributed by atoms with van der Waals surface area (Å²) in [6.45, 7) is 4.86. The van der Waals surface area contributed by atoms with Crippen molar-refractivity contribution in [2.45, 2.75) is 6.54 Å². The molecular weight excluding hydrogens is 356 g/mol. The van der Waals surface area contributed by atoms with Crippen LogP contribution < -0.4 is 14.8 Å². The Morgan fingerprint density at radius 1 is 1.00 bits per heavy atom. The van der Waals surface area contributed by atoms with Gasteiger partial charge in [-0.15, -0.1) is 0 Å². The number of ether oxygens (including phenoxy) is 2. The van der Waals surface area contributed by atoms with E-state index in [1.165, 1.54) is 5.56 Å². The van der Waals surface area contributed by atoms with E-state index in [1.54, 1.807) is 6.07 Å². The Kier molecular flexibility index (Phi) is 5.31. The molecule has 0 bridgehead atoms. The predicted molar refractivity (Wildman–Crippen MR) is 104 cm³/mol. The van der Waals surface area contributed by atoms with E-state index in [4.69, 9.17) is 14.7 Å². The molecule has 2 amide bonds. The van der Waals surface area contributed by atoms with Crippen LogP contribution in [0.15, 0.2) is 42.5 Å². The minimum Gasteiger partial charge on any atom is -0.486 e.